The van der Waals surface area contributed by atoms with E-state index < -0.39 is 5.97 Å². The number of carboxylic acids is 1. The molecule has 19 heavy (non-hydrogen) atoms. The van der Waals surface area contributed by atoms with E-state index in [1.165, 1.54) is 18.4 Å². The number of carbonyl (C=O) groups is 3. The number of thiophene rings is 1. The van der Waals surface area contributed by atoms with E-state index in [-0.39, 0.29) is 24.8 Å². The normalized spacial score (nSPS) is 9.95. The summed E-state index contributed by atoms with van der Waals surface area (Å²) in [6.07, 6.45) is 0.701. The van der Waals surface area contributed by atoms with Gasteiger partial charge in [0.05, 0.1) is 0 Å². The first kappa shape index (κ1) is 15.2. The molecule has 7 heteroatoms. The van der Waals surface area contributed by atoms with Crippen LogP contribution >= 0.6 is 11.3 Å². The molecule has 2 amide bonds. The zero-order valence-corrected chi connectivity index (χ0v) is 11.4. The van der Waals surface area contributed by atoms with E-state index in [1.807, 2.05) is 5.38 Å². The number of hydrogen-bond donors (Lipinski definition) is 2. The van der Waals surface area contributed by atoms with Gasteiger partial charge in [-0.1, -0.05) is 0 Å². The van der Waals surface area contributed by atoms with E-state index >= 15 is 0 Å². The van der Waals surface area contributed by atoms with Gasteiger partial charge in [0.25, 0.3) is 5.91 Å². The van der Waals surface area contributed by atoms with E-state index in [2.05, 4.69) is 5.32 Å². The Labute approximate surface area is 115 Å². The third-order valence-corrected chi connectivity index (χ3v) is 3.12. The molecule has 0 aliphatic rings. The number of aliphatic carboxylic acids is 1. The van der Waals surface area contributed by atoms with E-state index in [4.69, 9.17) is 5.11 Å². The highest BCUT2D eigenvalue weighted by Crippen LogP contribution is 2.05. The van der Waals surface area contributed by atoms with Gasteiger partial charge < -0.3 is 15.3 Å². The molecule has 1 heterocycles. The topological polar surface area (TPSA) is 86.7 Å². The molecule has 0 atom stereocenters. The molecule has 0 unspecified atom stereocenters. The molecule has 104 valence electrons. The third-order valence-electron chi connectivity index (χ3n) is 2.43. The van der Waals surface area contributed by atoms with Crippen molar-refractivity contribution in [3.8, 4) is 0 Å². The predicted octanol–water partition coefficient (Wildman–Crippen LogP) is 0.801. The summed E-state index contributed by atoms with van der Waals surface area (Å²) in [5, 5.41) is 14.8. The number of rotatable bonds is 7. The lowest BCUT2D eigenvalue weighted by Gasteiger charge is -2.14. The molecular formula is C12H16N2O4S. The van der Waals surface area contributed by atoms with Crippen LogP contribution in [0.1, 0.15) is 23.2 Å². The Morgan fingerprint density at radius 1 is 1.42 bits per heavy atom. The Morgan fingerprint density at radius 3 is 2.74 bits per heavy atom. The number of nitrogens with zero attached hydrogens (tertiary/aromatic N) is 1. The van der Waals surface area contributed by atoms with Crippen molar-refractivity contribution < 1.29 is 19.5 Å². The second kappa shape index (κ2) is 7.52. The largest absolute Gasteiger partial charge is 0.480 e. The summed E-state index contributed by atoms with van der Waals surface area (Å²) in [4.78, 5) is 34.6. The van der Waals surface area contributed by atoms with Gasteiger partial charge in [0.1, 0.15) is 6.54 Å². The molecule has 0 aliphatic carbocycles. The fourth-order valence-corrected chi connectivity index (χ4v) is 2.06. The van der Waals surface area contributed by atoms with Gasteiger partial charge in [-0.3, -0.25) is 14.4 Å². The fourth-order valence-electron chi connectivity index (χ4n) is 1.42. The maximum Gasteiger partial charge on any atom is 0.323 e. The molecule has 0 bridgehead atoms. The van der Waals surface area contributed by atoms with Gasteiger partial charge >= 0.3 is 5.97 Å². The van der Waals surface area contributed by atoms with Gasteiger partial charge in [-0.05, 0) is 17.9 Å². The highest BCUT2D eigenvalue weighted by molar-refractivity contribution is 7.08. The first-order valence-electron chi connectivity index (χ1n) is 5.77. The van der Waals surface area contributed by atoms with Crippen molar-refractivity contribution in [2.24, 2.45) is 0 Å². The van der Waals surface area contributed by atoms with E-state index in [0.717, 1.165) is 4.90 Å². The van der Waals surface area contributed by atoms with Crippen LogP contribution in [0.4, 0.5) is 0 Å². The lowest BCUT2D eigenvalue weighted by molar-refractivity contribution is -0.143. The number of likely N-dealkylation sites (N-methyl/N-ethyl adjacent to an activating group) is 1. The maximum absolute atomic E-state index is 11.6. The van der Waals surface area contributed by atoms with E-state index in [9.17, 15) is 14.4 Å². The summed E-state index contributed by atoms with van der Waals surface area (Å²) < 4.78 is 0. The van der Waals surface area contributed by atoms with Crippen molar-refractivity contribution in [2.75, 3.05) is 20.1 Å². The van der Waals surface area contributed by atoms with Crippen LogP contribution in [0.25, 0.3) is 0 Å². The number of amides is 2. The van der Waals surface area contributed by atoms with Crippen LogP contribution in [0.2, 0.25) is 0 Å². The number of nitrogens with one attached hydrogen (secondary N) is 1. The van der Waals surface area contributed by atoms with Gasteiger partial charge in [-0.15, -0.1) is 0 Å². The lowest BCUT2D eigenvalue weighted by atomic mass is 10.2. The molecule has 0 radical (unpaired) electrons. The number of carboxylic acid groups (broad SMARTS) is 1. The average molecular weight is 284 g/mol. The summed E-state index contributed by atoms with van der Waals surface area (Å²) in [5.74, 6) is -1.44. The van der Waals surface area contributed by atoms with Crippen LogP contribution in [-0.4, -0.2) is 47.9 Å². The molecular weight excluding hydrogens is 268 g/mol. The standard InChI is InChI=1S/C12H16N2O4S/c1-14(7-11(16)17)10(15)3-2-5-13-12(18)9-4-6-19-8-9/h4,6,8H,2-3,5,7H2,1H3,(H,13,18)(H,16,17). The molecule has 0 saturated heterocycles. The molecule has 6 nitrogen and oxygen atoms in total. The zero-order chi connectivity index (χ0) is 14.3. The summed E-state index contributed by atoms with van der Waals surface area (Å²) in [5.41, 5.74) is 0.610. The monoisotopic (exact) mass is 284 g/mol. The second-order valence-electron chi connectivity index (χ2n) is 4.02. The highest BCUT2D eigenvalue weighted by Gasteiger charge is 2.11. The van der Waals surface area contributed by atoms with Gasteiger partial charge in [-0.25, -0.2) is 0 Å². The molecule has 0 saturated carbocycles. The van der Waals surface area contributed by atoms with Gasteiger partial charge in [0.15, 0.2) is 0 Å². The van der Waals surface area contributed by atoms with Crippen LogP contribution < -0.4 is 5.32 Å². The first-order chi connectivity index (χ1) is 9.00. The average Bonchev–Trinajstić information content (AvgIpc) is 2.86. The Morgan fingerprint density at radius 2 is 2.16 bits per heavy atom. The van der Waals surface area contributed by atoms with Crippen molar-refractivity contribution in [2.45, 2.75) is 12.8 Å². The first-order valence-corrected chi connectivity index (χ1v) is 6.71. The van der Waals surface area contributed by atoms with Crippen molar-refractivity contribution >= 4 is 29.1 Å². The van der Waals surface area contributed by atoms with Crippen LogP contribution in [0, 0.1) is 0 Å². The summed E-state index contributed by atoms with van der Waals surface area (Å²) in [7, 11) is 1.44. The quantitative estimate of drug-likeness (QED) is 0.725. The molecule has 1 aromatic heterocycles. The minimum absolute atomic E-state index is 0.160. The Balaban J connectivity index is 2.18. The lowest BCUT2D eigenvalue weighted by Crippen LogP contribution is -2.32. The Hall–Kier alpha value is -1.89. The van der Waals surface area contributed by atoms with Gasteiger partial charge in [0, 0.05) is 31.0 Å². The number of hydrogen-bond acceptors (Lipinski definition) is 4. The van der Waals surface area contributed by atoms with Crippen LogP contribution in [-0.2, 0) is 9.59 Å². The minimum atomic E-state index is -1.04. The second-order valence-corrected chi connectivity index (χ2v) is 4.80. The molecule has 0 spiro atoms. The maximum atomic E-state index is 11.6. The van der Waals surface area contributed by atoms with Crippen molar-refractivity contribution in [3.05, 3.63) is 22.4 Å². The van der Waals surface area contributed by atoms with Crippen molar-refractivity contribution in [3.63, 3.8) is 0 Å². The summed E-state index contributed by atoms with van der Waals surface area (Å²) in [6, 6.07) is 1.73. The van der Waals surface area contributed by atoms with Crippen LogP contribution in [0.3, 0.4) is 0 Å². The molecule has 1 aromatic rings. The Bertz CT molecular complexity index is 445. The van der Waals surface area contributed by atoms with E-state index in [1.54, 1.807) is 11.4 Å². The van der Waals surface area contributed by atoms with Crippen molar-refractivity contribution in [1.82, 2.24) is 10.2 Å². The van der Waals surface area contributed by atoms with Crippen LogP contribution in [0.15, 0.2) is 16.8 Å². The van der Waals surface area contributed by atoms with Gasteiger partial charge in [0.2, 0.25) is 5.91 Å². The molecule has 0 aliphatic heterocycles. The van der Waals surface area contributed by atoms with Crippen molar-refractivity contribution in [1.29, 1.82) is 0 Å². The molecule has 2 N–H and O–H groups in total. The van der Waals surface area contributed by atoms with E-state index in [0.29, 0.717) is 18.5 Å². The van der Waals surface area contributed by atoms with Crippen LogP contribution in [0.5, 0.6) is 0 Å². The summed E-state index contributed by atoms with van der Waals surface area (Å²) >= 11 is 1.44. The molecule has 0 fully saturated rings. The fraction of sp³-hybridized carbons (Fsp3) is 0.417. The summed E-state index contributed by atoms with van der Waals surface area (Å²) in [6.45, 7) is 0.0847. The highest BCUT2D eigenvalue weighted by atomic mass is 32.1. The minimum Gasteiger partial charge on any atom is -0.480 e. The molecule has 1 rings (SSSR count). The Kier molecular flexibility index (Phi) is 6.01. The third kappa shape index (κ3) is 5.52. The predicted molar refractivity (Wildman–Crippen MR) is 71.2 cm³/mol. The number of carbonyl (C=O) groups excluding carboxylic acids is 2. The SMILES string of the molecule is CN(CC(=O)O)C(=O)CCCNC(=O)c1ccsc1. The zero-order valence-electron chi connectivity index (χ0n) is 10.6. The smallest absolute Gasteiger partial charge is 0.323 e. The van der Waals surface area contributed by atoms with Gasteiger partial charge in [-0.2, -0.15) is 11.3 Å². The molecule has 0 aromatic carbocycles.